The maximum absolute atomic E-state index is 6.16. The second-order valence-electron chi connectivity index (χ2n) is 16.1. The van der Waals surface area contributed by atoms with E-state index in [-0.39, 0.29) is 5.41 Å². The SMILES string of the molecule is CC1(C)c2ccccc2-c2cc(-c3ccccc3-c3ccccc3N(c3ccc(-c4ccc5oc6ccccc6c5c4)cc3)c3ccccc3-c3ccccc3)ccc21. The van der Waals surface area contributed by atoms with Crippen molar-refractivity contribution in [2.45, 2.75) is 19.3 Å². The third-order valence-corrected chi connectivity index (χ3v) is 12.3. The summed E-state index contributed by atoms with van der Waals surface area (Å²) < 4.78 is 6.16. The van der Waals surface area contributed by atoms with Gasteiger partial charge in [-0.15, -0.1) is 0 Å². The average Bonchev–Trinajstić information content (AvgIpc) is 3.78. The number of furan rings is 1. The van der Waals surface area contributed by atoms with Gasteiger partial charge >= 0.3 is 0 Å². The van der Waals surface area contributed by atoms with Crippen LogP contribution < -0.4 is 4.90 Å². The minimum absolute atomic E-state index is 0.0425. The van der Waals surface area contributed by atoms with Gasteiger partial charge in [-0.25, -0.2) is 0 Å². The van der Waals surface area contributed by atoms with Crippen molar-refractivity contribution in [2.24, 2.45) is 0 Å². The first-order valence-corrected chi connectivity index (χ1v) is 20.4. The smallest absolute Gasteiger partial charge is 0.135 e. The quantitative estimate of drug-likeness (QED) is 0.161. The number of nitrogens with zero attached hydrogens (tertiary/aromatic N) is 1. The Hall–Kier alpha value is -7.42. The molecular weight excluding hydrogens is 715 g/mol. The fourth-order valence-electron chi connectivity index (χ4n) is 9.40. The molecule has 59 heavy (non-hydrogen) atoms. The molecule has 0 saturated carbocycles. The average molecular weight is 756 g/mol. The summed E-state index contributed by atoms with van der Waals surface area (Å²) in [6.07, 6.45) is 0. The molecule has 10 aromatic rings. The lowest BCUT2D eigenvalue weighted by Gasteiger charge is -2.30. The van der Waals surface area contributed by atoms with E-state index in [1.54, 1.807) is 0 Å². The predicted octanol–water partition coefficient (Wildman–Crippen LogP) is 16.0. The van der Waals surface area contributed by atoms with Crippen LogP contribution in [0, 0.1) is 0 Å². The van der Waals surface area contributed by atoms with E-state index in [1.807, 2.05) is 12.1 Å². The molecule has 0 unspecified atom stereocenters. The highest BCUT2D eigenvalue weighted by Crippen LogP contribution is 2.51. The first-order chi connectivity index (χ1) is 29.0. The largest absolute Gasteiger partial charge is 0.456 e. The Morgan fingerprint density at radius 3 is 1.69 bits per heavy atom. The van der Waals surface area contributed by atoms with Crippen molar-refractivity contribution in [3.05, 3.63) is 223 Å². The molecule has 0 aliphatic heterocycles. The van der Waals surface area contributed by atoms with Crippen molar-refractivity contribution in [1.29, 1.82) is 0 Å². The second-order valence-corrected chi connectivity index (χ2v) is 16.1. The minimum Gasteiger partial charge on any atom is -0.456 e. The van der Waals surface area contributed by atoms with Crippen molar-refractivity contribution in [2.75, 3.05) is 4.90 Å². The van der Waals surface area contributed by atoms with Gasteiger partial charge in [0, 0.05) is 33.0 Å². The first kappa shape index (κ1) is 34.8. The van der Waals surface area contributed by atoms with Crippen LogP contribution in [0.5, 0.6) is 0 Å². The van der Waals surface area contributed by atoms with Gasteiger partial charge in [-0.1, -0.05) is 178 Å². The van der Waals surface area contributed by atoms with E-state index < -0.39 is 0 Å². The highest BCUT2D eigenvalue weighted by Gasteiger charge is 2.35. The Morgan fingerprint density at radius 2 is 0.898 bits per heavy atom. The van der Waals surface area contributed by atoms with Gasteiger partial charge in [-0.05, 0) is 104 Å². The van der Waals surface area contributed by atoms with E-state index >= 15 is 0 Å². The van der Waals surface area contributed by atoms with Crippen molar-refractivity contribution < 1.29 is 4.42 Å². The molecule has 1 aromatic heterocycles. The van der Waals surface area contributed by atoms with E-state index in [9.17, 15) is 0 Å². The lowest BCUT2D eigenvalue weighted by molar-refractivity contribution is 0.660. The van der Waals surface area contributed by atoms with Gasteiger partial charge in [0.05, 0.1) is 11.4 Å². The molecule has 2 nitrogen and oxygen atoms in total. The monoisotopic (exact) mass is 755 g/mol. The van der Waals surface area contributed by atoms with Gasteiger partial charge in [0.15, 0.2) is 0 Å². The normalized spacial score (nSPS) is 12.7. The molecule has 0 saturated heterocycles. The Balaban J connectivity index is 1.07. The summed E-state index contributed by atoms with van der Waals surface area (Å²) in [5, 5.41) is 2.26. The summed E-state index contributed by atoms with van der Waals surface area (Å²) in [6.45, 7) is 4.69. The van der Waals surface area contributed by atoms with Crippen molar-refractivity contribution in [1.82, 2.24) is 0 Å². The maximum Gasteiger partial charge on any atom is 0.135 e. The van der Waals surface area contributed by atoms with Crippen LogP contribution in [0.1, 0.15) is 25.0 Å². The van der Waals surface area contributed by atoms with Crippen molar-refractivity contribution in [3.8, 4) is 55.6 Å². The number of hydrogen-bond donors (Lipinski definition) is 0. The van der Waals surface area contributed by atoms with Gasteiger partial charge in [0.2, 0.25) is 0 Å². The van der Waals surface area contributed by atoms with Gasteiger partial charge in [0.1, 0.15) is 11.2 Å². The minimum atomic E-state index is -0.0425. The number of para-hydroxylation sites is 3. The van der Waals surface area contributed by atoms with Crippen LogP contribution in [0.25, 0.3) is 77.6 Å². The zero-order chi connectivity index (χ0) is 39.5. The van der Waals surface area contributed by atoms with Crippen LogP contribution in [0.3, 0.4) is 0 Å². The molecule has 0 bridgehead atoms. The molecular formula is C57H41NO. The summed E-state index contributed by atoms with van der Waals surface area (Å²) in [7, 11) is 0. The molecule has 0 radical (unpaired) electrons. The summed E-state index contributed by atoms with van der Waals surface area (Å²) in [4.78, 5) is 2.44. The lowest BCUT2D eigenvalue weighted by atomic mass is 9.82. The molecule has 1 aliphatic rings. The molecule has 2 heteroatoms. The number of hydrogen-bond acceptors (Lipinski definition) is 2. The Bertz CT molecular complexity index is 3190. The summed E-state index contributed by atoms with van der Waals surface area (Å²) in [5.74, 6) is 0. The molecule has 280 valence electrons. The molecule has 0 atom stereocenters. The van der Waals surface area contributed by atoms with Crippen LogP contribution in [-0.4, -0.2) is 0 Å². The molecule has 0 amide bonds. The molecule has 0 fully saturated rings. The summed E-state index contributed by atoms with van der Waals surface area (Å²) >= 11 is 0. The van der Waals surface area contributed by atoms with Gasteiger partial charge in [-0.2, -0.15) is 0 Å². The molecule has 0 N–H and O–H groups in total. The zero-order valence-electron chi connectivity index (χ0n) is 33.1. The van der Waals surface area contributed by atoms with E-state index in [0.717, 1.165) is 61.3 Å². The van der Waals surface area contributed by atoms with Gasteiger partial charge in [-0.3, -0.25) is 0 Å². The topological polar surface area (TPSA) is 16.4 Å². The standard InChI is InChI=1S/C57H41NO/c1-57(2)51-24-12-8-21-46(51)49-37-41(30-34-52(49)57)43-18-6-7-20-45(43)47-22-10-14-26-54(47)58(53-25-13-9-19-44(53)39-16-4-3-5-17-39)42-32-28-38(29-33-42)40-31-35-56-50(36-40)48-23-11-15-27-55(48)59-56/h3-37H,1-2H3. The third kappa shape index (κ3) is 5.79. The highest BCUT2D eigenvalue weighted by atomic mass is 16.3. The fourth-order valence-corrected chi connectivity index (χ4v) is 9.40. The predicted molar refractivity (Wildman–Crippen MR) is 248 cm³/mol. The molecule has 1 heterocycles. The highest BCUT2D eigenvalue weighted by molar-refractivity contribution is 6.06. The summed E-state index contributed by atoms with van der Waals surface area (Å²) in [5.41, 5.74) is 19.9. The van der Waals surface area contributed by atoms with Crippen LogP contribution in [0.4, 0.5) is 17.1 Å². The van der Waals surface area contributed by atoms with Gasteiger partial charge < -0.3 is 9.32 Å². The third-order valence-electron chi connectivity index (χ3n) is 12.3. The fraction of sp³-hybridized carbons (Fsp3) is 0.0526. The maximum atomic E-state index is 6.16. The Kier molecular flexibility index (Phi) is 8.20. The second kappa shape index (κ2) is 13.9. The van der Waals surface area contributed by atoms with Crippen LogP contribution in [-0.2, 0) is 5.41 Å². The molecule has 1 aliphatic carbocycles. The van der Waals surface area contributed by atoms with E-state index in [0.29, 0.717) is 0 Å². The van der Waals surface area contributed by atoms with E-state index in [4.69, 9.17) is 4.42 Å². The molecule has 9 aromatic carbocycles. The molecule has 11 rings (SSSR count). The van der Waals surface area contributed by atoms with Crippen LogP contribution >= 0.6 is 0 Å². The Labute approximate surface area is 345 Å². The number of rotatable bonds is 7. The van der Waals surface area contributed by atoms with Crippen molar-refractivity contribution >= 4 is 39.0 Å². The van der Waals surface area contributed by atoms with E-state index in [2.05, 4.69) is 219 Å². The Morgan fingerprint density at radius 1 is 0.339 bits per heavy atom. The first-order valence-electron chi connectivity index (χ1n) is 20.4. The van der Waals surface area contributed by atoms with E-state index in [1.165, 1.54) is 44.5 Å². The zero-order valence-corrected chi connectivity index (χ0v) is 33.1. The molecule has 0 spiro atoms. The number of fused-ring (bicyclic) bond motifs is 6. The number of anilines is 3. The van der Waals surface area contributed by atoms with Gasteiger partial charge in [0.25, 0.3) is 0 Å². The van der Waals surface area contributed by atoms with Crippen LogP contribution in [0.15, 0.2) is 217 Å². The summed E-state index contributed by atoms with van der Waals surface area (Å²) in [6, 6.07) is 77.0. The van der Waals surface area contributed by atoms with Crippen molar-refractivity contribution in [3.63, 3.8) is 0 Å². The number of benzene rings is 9. The lowest BCUT2D eigenvalue weighted by Crippen LogP contribution is -2.14. The van der Waals surface area contributed by atoms with Crippen LogP contribution in [0.2, 0.25) is 0 Å².